The first kappa shape index (κ1) is 17.3. The molecule has 21 heavy (non-hydrogen) atoms. The zero-order valence-electron chi connectivity index (χ0n) is 13.6. The van der Waals surface area contributed by atoms with Gasteiger partial charge in [0, 0.05) is 38.9 Å². The molecule has 0 fully saturated rings. The molecule has 5 heteroatoms. The molecular weight excluding hydrogens is 266 g/mol. The van der Waals surface area contributed by atoms with Crippen molar-refractivity contribution in [1.29, 1.82) is 0 Å². The molecule has 0 radical (unpaired) electrons. The molecule has 0 aliphatic rings. The Morgan fingerprint density at radius 2 is 1.95 bits per heavy atom. The van der Waals surface area contributed by atoms with E-state index in [2.05, 4.69) is 11.4 Å². The number of hydrogen-bond donors (Lipinski definition) is 2. The van der Waals surface area contributed by atoms with E-state index in [0.717, 1.165) is 11.3 Å². The van der Waals surface area contributed by atoms with Crippen LogP contribution in [0.4, 0.5) is 10.5 Å². The summed E-state index contributed by atoms with van der Waals surface area (Å²) in [5.74, 6) is 0. The van der Waals surface area contributed by atoms with Crippen molar-refractivity contribution in [3.8, 4) is 0 Å². The molecule has 2 amide bonds. The maximum Gasteiger partial charge on any atom is 0.317 e. The summed E-state index contributed by atoms with van der Waals surface area (Å²) >= 11 is 0. The number of carbonyl (C=O) groups is 1. The summed E-state index contributed by atoms with van der Waals surface area (Å²) in [7, 11) is 3.97. The second-order valence-electron chi connectivity index (χ2n) is 5.82. The molecule has 0 saturated heterocycles. The van der Waals surface area contributed by atoms with Gasteiger partial charge >= 0.3 is 6.03 Å². The molecule has 2 N–H and O–H groups in total. The molecule has 0 aromatic heterocycles. The highest BCUT2D eigenvalue weighted by atomic mass is 16.3. The topological polar surface area (TPSA) is 55.8 Å². The van der Waals surface area contributed by atoms with Gasteiger partial charge in [-0.2, -0.15) is 0 Å². The van der Waals surface area contributed by atoms with Crippen LogP contribution in [0, 0.1) is 0 Å². The minimum Gasteiger partial charge on any atom is -0.392 e. The predicted molar refractivity (Wildman–Crippen MR) is 86.5 cm³/mol. The molecule has 0 aliphatic heterocycles. The number of urea groups is 1. The number of nitrogens with one attached hydrogen (secondary N) is 1. The van der Waals surface area contributed by atoms with Gasteiger partial charge in [0.2, 0.25) is 0 Å². The molecule has 0 spiro atoms. The first-order valence-corrected chi connectivity index (χ1v) is 7.30. The van der Waals surface area contributed by atoms with Crippen molar-refractivity contribution < 1.29 is 9.90 Å². The van der Waals surface area contributed by atoms with E-state index in [9.17, 15) is 9.90 Å². The second-order valence-corrected chi connectivity index (χ2v) is 5.82. The fourth-order valence-electron chi connectivity index (χ4n) is 2.04. The molecule has 1 rings (SSSR count). The Morgan fingerprint density at radius 1 is 1.29 bits per heavy atom. The number of anilines is 1. The number of nitrogens with zero attached hydrogens (tertiary/aromatic N) is 2. The summed E-state index contributed by atoms with van der Waals surface area (Å²) in [6.07, 6.45) is -0.532. The highest BCUT2D eigenvalue weighted by molar-refractivity contribution is 5.74. The lowest BCUT2D eigenvalue weighted by molar-refractivity contribution is 0.119. The van der Waals surface area contributed by atoms with Crippen molar-refractivity contribution in [3.05, 3.63) is 29.8 Å². The smallest absolute Gasteiger partial charge is 0.317 e. The van der Waals surface area contributed by atoms with Gasteiger partial charge in [-0.1, -0.05) is 12.1 Å². The van der Waals surface area contributed by atoms with Crippen LogP contribution in [0.5, 0.6) is 0 Å². The standard InChI is InChI=1S/C16H27N3O2/c1-12(2)19(11-13(3)20)16(21)17-10-14-7-6-8-15(9-14)18(4)5/h6-9,12-13,20H,10-11H2,1-5H3,(H,17,21). The summed E-state index contributed by atoms with van der Waals surface area (Å²) in [6.45, 7) is 6.37. The van der Waals surface area contributed by atoms with Gasteiger partial charge in [0.25, 0.3) is 0 Å². The zero-order valence-corrected chi connectivity index (χ0v) is 13.6. The minimum atomic E-state index is -0.532. The van der Waals surface area contributed by atoms with Gasteiger partial charge in [-0.15, -0.1) is 0 Å². The summed E-state index contributed by atoms with van der Waals surface area (Å²) in [5.41, 5.74) is 2.15. The lowest BCUT2D eigenvalue weighted by atomic mass is 10.2. The van der Waals surface area contributed by atoms with Gasteiger partial charge in [-0.25, -0.2) is 4.79 Å². The lowest BCUT2D eigenvalue weighted by Gasteiger charge is -2.28. The molecule has 0 bridgehead atoms. The molecule has 5 nitrogen and oxygen atoms in total. The van der Waals surface area contributed by atoms with Crippen LogP contribution in [0.1, 0.15) is 26.3 Å². The monoisotopic (exact) mass is 293 g/mol. The average molecular weight is 293 g/mol. The third-order valence-corrected chi connectivity index (χ3v) is 3.22. The number of carbonyl (C=O) groups excluding carboxylic acids is 1. The summed E-state index contributed by atoms with van der Waals surface area (Å²) in [5, 5.41) is 12.4. The Kier molecular flexibility index (Phi) is 6.49. The fraction of sp³-hybridized carbons (Fsp3) is 0.562. The summed E-state index contributed by atoms with van der Waals surface area (Å²) in [6, 6.07) is 7.94. The summed E-state index contributed by atoms with van der Waals surface area (Å²) < 4.78 is 0. The number of aliphatic hydroxyl groups excluding tert-OH is 1. The molecule has 1 atom stereocenters. The third kappa shape index (κ3) is 5.63. The van der Waals surface area contributed by atoms with Gasteiger partial charge in [0.15, 0.2) is 0 Å². The van der Waals surface area contributed by atoms with Crippen LogP contribution in [-0.4, -0.2) is 48.8 Å². The van der Waals surface area contributed by atoms with Crippen LogP contribution < -0.4 is 10.2 Å². The maximum absolute atomic E-state index is 12.2. The summed E-state index contributed by atoms with van der Waals surface area (Å²) in [4.78, 5) is 15.9. The van der Waals surface area contributed by atoms with E-state index in [0.29, 0.717) is 13.1 Å². The molecule has 1 aromatic carbocycles. The second kappa shape index (κ2) is 7.88. The maximum atomic E-state index is 12.2. The molecule has 0 heterocycles. The molecule has 118 valence electrons. The zero-order chi connectivity index (χ0) is 16.0. The number of aliphatic hydroxyl groups is 1. The van der Waals surface area contributed by atoms with Crippen LogP contribution >= 0.6 is 0 Å². The minimum absolute atomic E-state index is 0.0488. The lowest BCUT2D eigenvalue weighted by Crippen LogP contribution is -2.46. The highest BCUT2D eigenvalue weighted by Gasteiger charge is 2.18. The fourth-order valence-corrected chi connectivity index (χ4v) is 2.04. The van der Waals surface area contributed by atoms with Gasteiger partial charge in [-0.05, 0) is 38.5 Å². The van der Waals surface area contributed by atoms with Gasteiger partial charge in [0.1, 0.15) is 0 Å². The number of hydrogen-bond acceptors (Lipinski definition) is 3. The van der Waals surface area contributed by atoms with Crippen LogP contribution in [0.25, 0.3) is 0 Å². The van der Waals surface area contributed by atoms with Crippen LogP contribution in [-0.2, 0) is 6.54 Å². The van der Waals surface area contributed by atoms with Crippen molar-refractivity contribution >= 4 is 11.7 Å². The average Bonchev–Trinajstić information content (AvgIpc) is 2.42. The normalized spacial score (nSPS) is 12.1. The third-order valence-electron chi connectivity index (χ3n) is 3.22. The van der Waals surface area contributed by atoms with Crippen molar-refractivity contribution in [2.75, 3.05) is 25.5 Å². The van der Waals surface area contributed by atoms with Crippen molar-refractivity contribution in [1.82, 2.24) is 10.2 Å². The van der Waals surface area contributed by atoms with E-state index in [1.54, 1.807) is 11.8 Å². The first-order chi connectivity index (χ1) is 9.81. The Balaban J connectivity index is 2.64. The quantitative estimate of drug-likeness (QED) is 0.844. The Labute approximate surface area is 127 Å². The van der Waals surface area contributed by atoms with Crippen molar-refractivity contribution in [2.24, 2.45) is 0 Å². The molecule has 1 aromatic rings. The van der Waals surface area contributed by atoms with E-state index in [1.165, 1.54) is 0 Å². The molecule has 0 saturated carbocycles. The van der Waals surface area contributed by atoms with Gasteiger partial charge < -0.3 is 20.2 Å². The van der Waals surface area contributed by atoms with E-state index >= 15 is 0 Å². The van der Waals surface area contributed by atoms with Gasteiger partial charge in [0.05, 0.1) is 6.10 Å². The number of benzene rings is 1. The van der Waals surface area contributed by atoms with Crippen LogP contribution in [0.15, 0.2) is 24.3 Å². The van der Waals surface area contributed by atoms with E-state index in [1.807, 2.05) is 51.0 Å². The molecule has 1 unspecified atom stereocenters. The Morgan fingerprint density at radius 3 is 2.48 bits per heavy atom. The predicted octanol–water partition coefficient (Wildman–Crippen LogP) is 2.05. The van der Waals surface area contributed by atoms with E-state index in [-0.39, 0.29) is 12.1 Å². The largest absolute Gasteiger partial charge is 0.392 e. The van der Waals surface area contributed by atoms with Gasteiger partial charge in [-0.3, -0.25) is 0 Å². The van der Waals surface area contributed by atoms with Crippen LogP contribution in [0.2, 0.25) is 0 Å². The number of amides is 2. The Bertz CT molecular complexity index is 459. The van der Waals surface area contributed by atoms with Crippen molar-refractivity contribution in [2.45, 2.75) is 39.5 Å². The van der Waals surface area contributed by atoms with Crippen molar-refractivity contribution in [3.63, 3.8) is 0 Å². The van der Waals surface area contributed by atoms with E-state index < -0.39 is 6.10 Å². The van der Waals surface area contributed by atoms with Crippen LogP contribution in [0.3, 0.4) is 0 Å². The molecular formula is C16H27N3O2. The highest BCUT2D eigenvalue weighted by Crippen LogP contribution is 2.13. The number of rotatable bonds is 6. The van der Waals surface area contributed by atoms with E-state index in [4.69, 9.17) is 0 Å². The Hall–Kier alpha value is -1.75. The first-order valence-electron chi connectivity index (χ1n) is 7.30. The molecule has 0 aliphatic carbocycles. The SMILES string of the molecule is CC(O)CN(C(=O)NCc1cccc(N(C)C)c1)C(C)C.